The highest BCUT2D eigenvalue weighted by molar-refractivity contribution is 5.69. The van der Waals surface area contributed by atoms with E-state index in [1.807, 2.05) is 6.92 Å². The van der Waals surface area contributed by atoms with Crippen LogP contribution in [-0.2, 0) is 4.79 Å². The number of aliphatic carboxylic acids is 1. The Balaban J connectivity index is 1.85. The summed E-state index contributed by atoms with van der Waals surface area (Å²) in [4.78, 5) is 11.2. The molecule has 0 aromatic carbocycles. The van der Waals surface area contributed by atoms with E-state index in [1.54, 1.807) is 0 Å². The van der Waals surface area contributed by atoms with Crippen LogP contribution in [0.4, 0.5) is 0 Å². The molecule has 4 fully saturated rings. The van der Waals surface area contributed by atoms with Gasteiger partial charge in [-0.2, -0.15) is 0 Å². The highest BCUT2D eigenvalue weighted by atomic mass is 16.4. The predicted octanol–water partition coefficient (Wildman–Crippen LogP) is 4.34. The van der Waals surface area contributed by atoms with Gasteiger partial charge in [0.05, 0.1) is 5.92 Å². The molecule has 0 heterocycles. The lowest BCUT2D eigenvalue weighted by atomic mass is 9.41. The van der Waals surface area contributed by atoms with E-state index < -0.39 is 5.97 Å². The summed E-state index contributed by atoms with van der Waals surface area (Å²) in [7, 11) is 0. The van der Waals surface area contributed by atoms with E-state index in [1.165, 1.54) is 38.5 Å². The van der Waals surface area contributed by atoms with Crippen molar-refractivity contribution in [1.29, 1.82) is 0 Å². The molecule has 3 atom stereocenters. The minimum Gasteiger partial charge on any atom is -0.481 e. The first kappa shape index (κ1) is 13.5. The Morgan fingerprint density at radius 2 is 1.74 bits per heavy atom. The average molecular weight is 264 g/mol. The Morgan fingerprint density at radius 1 is 1.16 bits per heavy atom. The third-order valence-electron chi connectivity index (χ3n) is 6.61. The Bertz CT molecular complexity index is 371. The summed E-state index contributed by atoms with van der Waals surface area (Å²) in [6.45, 7) is 6.69. The molecule has 4 rings (SSSR count). The molecule has 0 aromatic rings. The second kappa shape index (κ2) is 4.23. The second-order valence-corrected chi connectivity index (χ2v) is 8.42. The topological polar surface area (TPSA) is 37.3 Å². The molecule has 19 heavy (non-hydrogen) atoms. The number of carbonyl (C=O) groups is 1. The van der Waals surface area contributed by atoms with Crippen LogP contribution in [0.1, 0.15) is 65.7 Å². The number of hydrogen-bond acceptors (Lipinski definition) is 1. The minimum absolute atomic E-state index is 0.166. The molecule has 0 aliphatic heterocycles. The van der Waals surface area contributed by atoms with Crippen molar-refractivity contribution in [1.82, 2.24) is 0 Å². The van der Waals surface area contributed by atoms with Crippen LogP contribution in [0.3, 0.4) is 0 Å². The second-order valence-electron chi connectivity index (χ2n) is 8.42. The first-order valence-electron chi connectivity index (χ1n) is 8.07. The van der Waals surface area contributed by atoms with Crippen LogP contribution in [0.5, 0.6) is 0 Å². The van der Waals surface area contributed by atoms with E-state index >= 15 is 0 Å². The maximum atomic E-state index is 11.2. The number of carboxylic acid groups (broad SMARTS) is 1. The molecule has 2 nitrogen and oxygen atoms in total. The molecule has 0 saturated heterocycles. The van der Waals surface area contributed by atoms with E-state index in [0.717, 1.165) is 24.2 Å². The highest BCUT2D eigenvalue weighted by Gasteiger charge is 2.58. The van der Waals surface area contributed by atoms with Gasteiger partial charge in [-0.15, -0.1) is 0 Å². The number of rotatable bonds is 4. The zero-order chi connectivity index (χ0) is 13.8. The SMILES string of the molecule is CC(CC12CC3CC(C1)CC(C(C)C)(C3)C2)C(=O)O. The summed E-state index contributed by atoms with van der Waals surface area (Å²) in [6.07, 6.45) is 9.13. The van der Waals surface area contributed by atoms with E-state index in [2.05, 4.69) is 13.8 Å². The first-order valence-corrected chi connectivity index (χ1v) is 8.07. The van der Waals surface area contributed by atoms with Crippen molar-refractivity contribution in [2.24, 2.45) is 34.5 Å². The summed E-state index contributed by atoms with van der Waals surface area (Å²) in [6, 6.07) is 0. The van der Waals surface area contributed by atoms with Crippen LogP contribution in [-0.4, -0.2) is 11.1 Å². The molecule has 0 radical (unpaired) electrons. The molecule has 4 bridgehead atoms. The minimum atomic E-state index is -0.602. The largest absolute Gasteiger partial charge is 0.481 e. The van der Waals surface area contributed by atoms with Crippen molar-refractivity contribution < 1.29 is 9.90 Å². The Morgan fingerprint density at radius 3 is 2.21 bits per heavy atom. The zero-order valence-electron chi connectivity index (χ0n) is 12.6. The van der Waals surface area contributed by atoms with E-state index in [4.69, 9.17) is 0 Å². The summed E-state index contributed by atoms with van der Waals surface area (Å²) >= 11 is 0. The molecule has 0 aromatic heterocycles. The molecule has 108 valence electrons. The van der Waals surface area contributed by atoms with Gasteiger partial charge < -0.3 is 5.11 Å². The van der Waals surface area contributed by atoms with Crippen LogP contribution >= 0.6 is 0 Å². The smallest absolute Gasteiger partial charge is 0.306 e. The van der Waals surface area contributed by atoms with Crippen LogP contribution < -0.4 is 0 Å². The Hall–Kier alpha value is -0.530. The van der Waals surface area contributed by atoms with Crippen LogP contribution in [0.2, 0.25) is 0 Å². The van der Waals surface area contributed by atoms with Gasteiger partial charge in [0.1, 0.15) is 0 Å². The van der Waals surface area contributed by atoms with E-state index in [-0.39, 0.29) is 5.92 Å². The van der Waals surface area contributed by atoms with Crippen molar-refractivity contribution in [3.63, 3.8) is 0 Å². The van der Waals surface area contributed by atoms with Crippen LogP contribution in [0.25, 0.3) is 0 Å². The maximum absolute atomic E-state index is 11.2. The number of carboxylic acids is 1. The molecular weight excluding hydrogens is 236 g/mol. The highest BCUT2D eigenvalue weighted by Crippen LogP contribution is 2.68. The van der Waals surface area contributed by atoms with Crippen molar-refractivity contribution in [2.45, 2.75) is 65.7 Å². The van der Waals surface area contributed by atoms with E-state index in [9.17, 15) is 9.90 Å². The standard InChI is InChI=1S/C17H28O2/c1-11(2)17-8-13-4-14(9-17)7-16(6-13,10-17)5-12(3)15(18)19/h11-14H,4-10H2,1-3H3,(H,18,19). The predicted molar refractivity (Wildman–Crippen MR) is 75.8 cm³/mol. The lowest BCUT2D eigenvalue weighted by Crippen LogP contribution is -2.54. The lowest BCUT2D eigenvalue weighted by Gasteiger charge is -2.64. The van der Waals surface area contributed by atoms with Gasteiger partial charge in [-0.3, -0.25) is 4.79 Å². The molecule has 1 N–H and O–H groups in total. The molecule has 0 spiro atoms. The zero-order valence-corrected chi connectivity index (χ0v) is 12.6. The van der Waals surface area contributed by atoms with Gasteiger partial charge in [0.25, 0.3) is 0 Å². The van der Waals surface area contributed by atoms with Crippen molar-refractivity contribution >= 4 is 5.97 Å². The fraction of sp³-hybridized carbons (Fsp3) is 0.941. The third-order valence-corrected chi connectivity index (χ3v) is 6.61. The van der Waals surface area contributed by atoms with Crippen molar-refractivity contribution in [2.75, 3.05) is 0 Å². The summed E-state index contributed by atoms with van der Waals surface area (Å²) in [5, 5.41) is 9.26. The van der Waals surface area contributed by atoms with Crippen molar-refractivity contribution in [3.8, 4) is 0 Å². The van der Waals surface area contributed by atoms with E-state index in [0.29, 0.717) is 10.8 Å². The quantitative estimate of drug-likeness (QED) is 0.820. The Kier molecular flexibility index (Phi) is 3.00. The van der Waals surface area contributed by atoms with Crippen LogP contribution in [0.15, 0.2) is 0 Å². The van der Waals surface area contributed by atoms with Gasteiger partial charge in [-0.25, -0.2) is 0 Å². The molecule has 4 saturated carbocycles. The van der Waals surface area contributed by atoms with Crippen molar-refractivity contribution in [3.05, 3.63) is 0 Å². The Labute approximate surface area is 117 Å². The fourth-order valence-electron chi connectivity index (χ4n) is 6.18. The van der Waals surface area contributed by atoms with Gasteiger partial charge in [0.15, 0.2) is 0 Å². The molecule has 4 aliphatic rings. The van der Waals surface area contributed by atoms with Gasteiger partial charge in [-0.1, -0.05) is 20.8 Å². The molecule has 2 heteroatoms. The third kappa shape index (κ3) is 2.11. The number of hydrogen-bond donors (Lipinski definition) is 1. The van der Waals surface area contributed by atoms with Gasteiger partial charge in [0, 0.05) is 0 Å². The average Bonchev–Trinajstić information content (AvgIpc) is 2.25. The fourth-order valence-corrected chi connectivity index (χ4v) is 6.18. The monoisotopic (exact) mass is 264 g/mol. The molecule has 4 aliphatic carbocycles. The summed E-state index contributed by atoms with van der Waals surface area (Å²) < 4.78 is 0. The van der Waals surface area contributed by atoms with Gasteiger partial charge in [0.2, 0.25) is 0 Å². The molecule has 0 amide bonds. The van der Waals surface area contributed by atoms with Gasteiger partial charge in [-0.05, 0) is 73.5 Å². The summed E-state index contributed by atoms with van der Waals surface area (Å²) in [5.41, 5.74) is 0.911. The van der Waals surface area contributed by atoms with Gasteiger partial charge >= 0.3 is 5.97 Å². The molecule has 3 unspecified atom stereocenters. The maximum Gasteiger partial charge on any atom is 0.306 e. The molecular formula is C17H28O2. The van der Waals surface area contributed by atoms with Crippen LogP contribution in [0, 0.1) is 34.5 Å². The summed E-state index contributed by atoms with van der Waals surface area (Å²) in [5.74, 6) is 1.78. The normalized spacial score (nSPS) is 45.7. The first-order chi connectivity index (χ1) is 8.84. The lowest BCUT2D eigenvalue weighted by molar-refractivity contribution is -0.154.